The summed E-state index contributed by atoms with van der Waals surface area (Å²) in [5.74, 6) is -1.13. The van der Waals surface area contributed by atoms with Crippen molar-refractivity contribution in [3.05, 3.63) is 18.0 Å². The van der Waals surface area contributed by atoms with Crippen molar-refractivity contribution in [2.45, 2.75) is 24.9 Å². The summed E-state index contributed by atoms with van der Waals surface area (Å²) in [7, 11) is 1.68. The van der Waals surface area contributed by atoms with Gasteiger partial charge < -0.3 is 20.5 Å². The first-order valence-corrected chi connectivity index (χ1v) is 6.42. The Bertz CT molecular complexity index is 482. The molecule has 2 rings (SSSR count). The number of carbonyl (C=O) groups excluding carboxylic acids is 1. The summed E-state index contributed by atoms with van der Waals surface area (Å²) in [6.07, 6.45) is 4.69. The van der Waals surface area contributed by atoms with Crippen LogP contribution in [0.3, 0.4) is 0 Å². The third kappa shape index (κ3) is 3.70. The Labute approximate surface area is 116 Å². The molecule has 2 unspecified atom stereocenters. The third-order valence-electron chi connectivity index (χ3n) is 3.08. The SMILES string of the molecule is Cn1cc(C(NC(=O)NC2CCCOC2)C(=O)O)cn1. The molecule has 2 heterocycles. The quantitative estimate of drug-likeness (QED) is 0.722. The molecule has 0 spiro atoms. The Hall–Kier alpha value is -2.09. The van der Waals surface area contributed by atoms with E-state index in [1.54, 1.807) is 13.2 Å². The average Bonchev–Trinajstić information content (AvgIpc) is 2.83. The Balaban J connectivity index is 1.94. The van der Waals surface area contributed by atoms with E-state index in [0.717, 1.165) is 12.8 Å². The highest BCUT2D eigenvalue weighted by Crippen LogP contribution is 2.12. The minimum absolute atomic E-state index is 0.0768. The fourth-order valence-electron chi connectivity index (χ4n) is 2.09. The number of carboxylic acid groups (broad SMARTS) is 1. The molecule has 1 fully saturated rings. The fourth-order valence-corrected chi connectivity index (χ4v) is 2.09. The van der Waals surface area contributed by atoms with Crippen LogP contribution >= 0.6 is 0 Å². The van der Waals surface area contributed by atoms with Gasteiger partial charge in [0, 0.05) is 25.4 Å². The van der Waals surface area contributed by atoms with E-state index in [1.807, 2.05) is 0 Å². The maximum Gasteiger partial charge on any atom is 0.331 e. The number of carbonyl (C=O) groups is 2. The van der Waals surface area contributed by atoms with Crippen LogP contribution in [0.15, 0.2) is 12.4 Å². The molecule has 1 aromatic heterocycles. The number of aliphatic carboxylic acids is 1. The zero-order valence-electron chi connectivity index (χ0n) is 11.2. The molecule has 0 radical (unpaired) electrons. The van der Waals surface area contributed by atoms with Crippen LogP contribution in [0, 0.1) is 0 Å². The van der Waals surface area contributed by atoms with Crippen molar-refractivity contribution < 1.29 is 19.4 Å². The molecule has 0 bridgehead atoms. The van der Waals surface area contributed by atoms with E-state index in [2.05, 4.69) is 15.7 Å². The smallest absolute Gasteiger partial charge is 0.331 e. The van der Waals surface area contributed by atoms with E-state index in [9.17, 15) is 14.7 Å². The summed E-state index contributed by atoms with van der Waals surface area (Å²) >= 11 is 0. The number of nitrogens with one attached hydrogen (secondary N) is 2. The molecule has 2 atom stereocenters. The molecule has 2 amide bonds. The van der Waals surface area contributed by atoms with E-state index in [1.165, 1.54) is 10.9 Å². The molecule has 0 aromatic carbocycles. The van der Waals surface area contributed by atoms with E-state index in [-0.39, 0.29) is 6.04 Å². The Kier molecular flexibility index (Phi) is 4.57. The van der Waals surface area contributed by atoms with Gasteiger partial charge >= 0.3 is 12.0 Å². The molecule has 1 aromatic rings. The van der Waals surface area contributed by atoms with Crippen molar-refractivity contribution in [3.8, 4) is 0 Å². The number of aromatic nitrogens is 2. The number of carboxylic acids is 1. The lowest BCUT2D eigenvalue weighted by molar-refractivity contribution is -0.139. The summed E-state index contributed by atoms with van der Waals surface area (Å²) in [5.41, 5.74) is 0.426. The lowest BCUT2D eigenvalue weighted by atomic mass is 10.1. The van der Waals surface area contributed by atoms with Gasteiger partial charge in [-0.15, -0.1) is 0 Å². The number of ether oxygens (including phenoxy) is 1. The van der Waals surface area contributed by atoms with Gasteiger partial charge in [0.05, 0.1) is 18.8 Å². The van der Waals surface area contributed by atoms with Gasteiger partial charge in [0.15, 0.2) is 6.04 Å². The lowest BCUT2D eigenvalue weighted by Gasteiger charge is -2.24. The number of urea groups is 1. The van der Waals surface area contributed by atoms with Gasteiger partial charge in [0.1, 0.15) is 0 Å². The molecule has 110 valence electrons. The van der Waals surface area contributed by atoms with Crippen molar-refractivity contribution in [2.75, 3.05) is 13.2 Å². The van der Waals surface area contributed by atoms with Gasteiger partial charge in [-0.1, -0.05) is 0 Å². The van der Waals surface area contributed by atoms with E-state index >= 15 is 0 Å². The molecule has 8 nitrogen and oxygen atoms in total. The molecule has 0 saturated carbocycles. The average molecular weight is 282 g/mol. The highest BCUT2D eigenvalue weighted by molar-refractivity contribution is 5.83. The summed E-state index contributed by atoms with van der Waals surface area (Å²) in [5, 5.41) is 18.2. The number of aryl methyl sites for hydroxylation is 1. The first-order chi connectivity index (χ1) is 9.56. The van der Waals surface area contributed by atoms with Crippen molar-refractivity contribution >= 4 is 12.0 Å². The van der Waals surface area contributed by atoms with Crippen molar-refractivity contribution in [2.24, 2.45) is 7.05 Å². The van der Waals surface area contributed by atoms with Crippen LogP contribution in [-0.4, -0.2) is 46.1 Å². The lowest BCUT2D eigenvalue weighted by Crippen LogP contribution is -2.47. The number of hydrogen-bond acceptors (Lipinski definition) is 4. The molecule has 8 heteroatoms. The summed E-state index contributed by atoms with van der Waals surface area (Å²) in [6.45, 7) is 1.16. The highest BCUT2D eigenvalue weighted by atomic mass is 16.5. The van der Waals surface area contributed by atoms with E-state index in [0.29, 0.717) is 18.8 Å². The van der Waals surface area contributed by atoms with Crippen LogP contribution in [0.4, 0.5) is 4.79 Å². The van der Waals surface area contributed by atoms with Crippen molar-refractivity contribution in [3.63, 3.8) is 0 Å². The maximum atomic E-state index is 11.8. The minimum atomic E-state index is -1.13. The molecular weight excluding hydrogens is 264 g/mol. The normalized spacial score (nSPS) is 20.1. The Morgan fingerprint density at radius 2 is 2.40 bits per heavy atom. The predicted octanol–water partition coefficient (Wildman–Crippen LogP) is 0.0240. The molecule has 3 N–H and O–H groups in total. The van der Waals surface area contributed by atoms with Gasteiger partial charge in [-0.25, -0.2) is 9.59 Å². The number of nitrogens with zero attached hydrogens (tertiary/aromatic N) is 2. The molecule has 1 saturated heterocycles. The highest BCUT2D eigenvalue weighted by Gasteiger charge is 2.25. The minimum Gasteiger partial charge on any atom is -0.479 e. The topological polar surface area (TPSA) is 105 Å². The van der Waals surface area contributed by atoms with Crippen LogP contribution in [0.25, 0.3) is 0 Å². The number of rotatable bonds is 4. The van der Waals surface area contributed by atoms with Crippen LogP contribution in [-0.2, 0) is 16.6 Å². The van der Waals surface area contributed by atoms with Gasteiger partial charge in [-0.3, -0.25) is 4.68 Å². The zero-order valence-corrected chi connectivity index (χ0v) is 11.2. The van der Waals surface area contributed by atoms with Gasteiger partial charge in [-0.05, 0) is 12.8 Å². The molecular formula is C12H18N4O4. The van der Waals surface area contributed by atoms with Crippen LogP contribution < -0.4 is 10.6 Å². The van der Waals surface area contributed by atoms with Gasteiger partial charge in [-0.2, -0.15) is 5.10 Å². The summed E-state index contributed by atoms with van der Waals surface area (Å²) < 4.78 is 6.74. The van der Waals surface area contributed by atoms with Crippen molar-refractivity contribution in [1.29, 1.82) is 0 Å². The third-order valence-corrected chi connectivity index (χ3v) is 3.08. The molecule has 1 aliphatic heterocycles. The summed E-state index contributed by atoms with van der Waals surface area (Å²) in [6, 6.07) is -1.71. The van der Waals surface area contributed by atoms with Crippen LogP contribution in [0.1, 0.15) is 24.4 Å². The second-order valence-electron chi connectivity index (χ2n) is 4.75. The number of amides is 2. The van der Waals surface area contributed by atoms with Gasteiger partial charge in [0.2, 0.25) is 0 Å². The Morgan fingerprint density at radius 1 is 1.60 bits per heavy atom. The van der Waals surface area contributed by atoms with E-state index in [4.69, 9.17) is 4.74 Å². The molecule has 1 aliphatic rings. The summed E-state index contributed by atoms with van der Waals surface area (Å²) in [4.78, 5) is 23.1. The second kappa shape index (κ2) is 6.38. The van der Waals surface area contributed by atoms with Crippen LogP contribution in [0.5, 0.6) is 0 Å². The first kappa shape index (κ1) is 14.3. The second-order valence-corrected chi connectivity index (χ2v) is 4.75. The molecule has 20 heavy (non-hydrogen) atoms. The standard InChI is InChI=1S/C12H18N4O4/c1-16-6-8(5-13-16)10(11(17)18)15-12(19)14-9-3-2-4-20-7-9/h5-6,9-10H,2-4,7H2,1H3,(H,17,18)(H2,14,15,19). The van der Waals surface area contributed by atoms with Gasteiger partial charge in [0.25, 0.3) is 0 Å². The van der Waals surface area contributed by atoms with E-state index < -0.39 is 18.0 Å². The number of hydrogen-bond donors (Lipinski definition) is 3. The Morgan fingerprint density at radius 3 is 2.95 bits per heavy atom. The maximum absolute atomic E-state index is 11.8. The fraction of sp³-hybridized carbons (Fsp3) is 0.583. The predicted molar refractivity (Wildman–Crippen MR) is 69.1 cm³/mol. The molecule has 0 aliphatic carbocycles. The first-order valence-electron chi connectivity index (χ1n) is 6.42. The van der Waals surface area contributed by atoms with Crippen LogP contribution in [0.2, 0.25) is 0 Å². The van der Waals surface area contributed by atoms with Crippen molar-refractivity contribution in [1.82, 2.24) is 20.4 Å². The largest absolute Gasteiger partial charge is 0.479 e. The zero-order chi connectivity index (χ0) is 14.5. The monoisotopic (exact) mass is 282 g/mol.